The standard InChI is InChI=1S/C36H44N4O/c1-5-31(27-14-8-6-9-15-27)38-35(41)33-29-18-12-13-19-32(29)37-34(28-16-10-7-11-17-28)30(33)26-40-24-22-39(23-25-40)21-20-36(2,3)4/h6-19,31H,5,20-26H2,1-4H3,(H,38,41)/t31-/m0/s1. The van der Waals surface area contributed by atoms with Gasteiger partial charge in [0.25, 0.3) is 5.91 Å². The predicted octanol–water partition coefficient (Wildman–Crippen LogP) is 7.34. The molecule has 1 aromatic heterocycles. The Kier molecular flexibility index (Phi) is 9.16. The molecule has 1 aliphatic heterocycles. The Morgan fingerprint density at radius 1 is 0.854 bits per heavy atom. The van der Waals surface area contributed by atoms with Crippen molar-refractivity contribution in [3.63, 3.8) is 0 Å². The fourth-order valence-electron chi connectivity index (χ4n) is 5.72. The molecular weight excluding hydrogens is 504 g/mol. The number of nitrogens with zero attached hydrogens (tertiary/aromatic N) is 3. The van der Waals surface area contributed by atoms with Gasteiger partial charge in [0, 0.05) is 49.2 Å². The number of piperazine rings is 1. The van der Waals surface area contributed by atoms with Gasteiger partial charge in [-0.25, -0.2) is 4.98 Å². The highest BCUT2D eigenvalue weighted by Gasteiger charge is 2.27. The molecule has 1 aliphatic rings. The van der Waals surface area contributed by atoms with E-state index in [1.807, 2.05) is 60.7 Å². The third kappa shape index (κ3) is 7.22. The molecule has 0 bridgehead atoms. The number of rotatable bonds is 9. The average Bonchev–Trinajstić information content (AvgIpc) is 2.99. The second kappa shape index (κ2) is 13.0. The van der Waals surface area contributed by atoms with Crippen LogP contribution in [0.4, 0.5) is 0 Å². The number of fused-ring (bicyclic) bond motifs is 1. The molecule has 41 heavy (non-hydrogen) atoms. The summed E-state index contributed by atoms with van der Waals surface area (Å²) in [6.45, 7) is 14.9. The van der Waals surface area contributed by atoms with Crippen LogP contribution >= 0.6 is 0 Å². The van der Waals surface area contributed by atoms with Crippen LogP contribution < -0.4 is 5.32 Å². The zero-order valence-electron chi connectivity index (χ0n) is 25.1. The quantitative estimate of drug-likeness (QED) is 0.238. The molecule has 5 heteroatoms. The van der Waals surface area contributed by atoms with E-state index in [4.69, 9.17) is 4.98 Å². The molecule has 1 fully saturated rings. The lowest BCUT2D eigenvalue weighted by atomic mass is 9.92. The maximum absolute atomic E-state index is 14.3. The number of hydrogen-bond acceptors (Lipinski definition) is 4. The molecule has 4 aromatic rings. The Bertz CT molecular complexity index is 1440. The summed E-state index contributed by atoms with van der Waals surface area (Å²) in [5.74, 6) is -0.0321. The summed E-state index contributed by atoms with van der Waals surface area (Å²) >= 11 is 0. The topological polar surface area (TPSA) is 48.5 Å². The minimum Gasteiger partial charge on any atom is -0.345 e. The van der Waals surface area contributed by atoms with Gasteiger partial charge in [-0.15, -0.1) is 0 Å². The van der Waals surface area contributed by atoms with Crippen LogP contribution in [0, 0.1) is 5.41 Å². The van der Waals surface area contributed by atoms with Crippen molar-refractivity contribution in [2.75, 3.05) is 32.7 Å². The van der Waals surface area contributed by atoms with E-state index in [0.717, 1.165) is 78.0 Å². The molecule has 0 unspecified atom stereocenters. The number of amides is 1. The van der Waals surface area contributed by atoms with E-state index < -0.39 is 0 Å². The monoisotopic (exact) mass is 548 g/mol. The lowest BCUT2D eigenvalue weighted by Gasteiger charge is -2.36. The normalized spacial score (nSPS) is 15.6. The number of aromatic nitrogens is 1. The van der Waals surface area contributed by atoms with Gasteiger partial charge >= 0.3 is 0 Å². The molecular formula is C36H44N4O. The molecule has 5 nitrogen and oxygen atoms in total. The third-order valence-corrected chi connectivity index (χ3v) is 8.21. The van der Waals surface area contributed by atoms with E-state index in [9.17, 15) is 4.79 Å². The SMILES string of the molecule is CC[C@H](NC(=O)c1c(CN2CCN(CCC(C)(C)C)CC2)c(-c2ccccc2)nc2ccccc12)c1ccccc1. The van der Waals surface area contributed by atoms with Gasteiger partial charge < -0.3 is 10.2 Å². The minimum absolute atomic E-state index is 0.0321. The van der Waals surface area contributed by atoms with Crippen molar-refractivity contribution in [2.45, 2.75) is 53.1 Å². The van der Waals surface area contributed by atoms with Gasteiger partial charge in [-0.05, 0) is 36.4 Å². The van der Waals surface area contributed by atoms with Gasteiger partial charge in [0.1, 0.15) is 0 Å². The van der Waals surface area contributed by atoms with Gasteiger partial charge in [-0.2, -0.15) is 0 Å². The lowest BCUT2D eigenvalue weighted by molar-refractivity contribution is 0.0931. The van der Waals surface area contributed by atoms with Crippen LogP contribution in [0.15, 0.2) is 84.9 Å². The Morgan fingerprint density at radius 2 is 1.46 bits per heavy atom. The van der Waals surface area contributed by atoms with Crippen LogP contribution in [-0.4, -0.2) is 53.4 Å². The van der Waals surface area contributed by atoms with Gasteiger partial charge in [0.15, 0.2) is 0 Å². The van der Waals surface area contributed by atoms with E-state index in [1.165, 1.54) is 6.42 Å². The van der Waals surface area contributed by atoms with Crippen molar-refractivity contribution in [1.29, 1.82) is 0 Å². The predicted molar refractivity (Wildman–Crippen MR) is 170 cm³/mol. The van der Waals surface area contributed by atoms with Crippen LogP contribution in [-0.2, 0) is 6.54 Å². The number of pyridine rings is 1. The minimum atomic E-state index is -0.0602. The molecule has 2 heterocycles. The highest BCUT2D eigenvalue weighted by molar-refractivity contribution is 6.09. The zero-order chi connectivity index (χ0) is 28.8. The Balaban J connectivity index is 1.51. The molecule has 1 amide bonds. The highest BCUT2D eigenvalue weighted by atomic mass is 16.1. The average molecular weight is 549 g/mol. The number of carbonyl (C=O) groups excluding carboxylic acids is 1. The lowest BCUT2D eigenvalue weighted by Crippen LogP contribution is -2.46. The fraction of sp³-hybridized carbons (Fsp3) is 0.389. The number of hydrogen-bond donors (Lipinski definition) is 1. The van der Waals surface area contributed by atoms with Gasteiger partial charge in [-0.1, -0.05) is 107 Å². The molecule has 0 radical (unpaired) electrons. The first-order chi connectivity index (χ1) is 19.8. The van der Waals surface area contributed by atoms with Crippen molar-refractivity contribution in [3.05, 3.63) is 102 Å². The number of carbonyl (C=O) groups is 1. The second-order valence-corrected chi connectivity index (χ2v) is 12.5. The van der Waals surface area contributed by atoms with Crippen LogP contribution in [0.2, 0.25) is 0 Å². The third-order valence-electron chi connectivity index (χ3n) is 8.21. The fourth-order valence-corrected chi connectivity index (χ4v) is 5.72. The van der Waals surface area contributed by atoms with Crippen LogP contribution in [0.5, 0.6) is 0 Å². The van der Waals surface area contributed by atoms with E-state index in [0.29, 0.717) is 12.0 Å². The van der Waals surface area contributed by atoms with Crippen LogP contribution in [0.1, 0.15) is 68.1 Å². The van der Waals surface area contributed by atoms with E-state index in [-0.39, 0.29) is 11.9 Å². The maximum Gasteiger partial charge on any atom is 0.252 e. The molecule has 214 valence electrons. The molecule has 3 aromatic carbocycles. The van der Waals surface area contributed by atoms with Crippen molar-refractivity contribution < 1.29 is 4.79 Å². The van der Waals surface area contributed by atoms with Crippen LogP contribution in [0.3, 0.4) is 0 Å². The summed E-state index contributed by atoms with van der Waals surface area (Å²) in [5.41, 5.74) is 6.02. The van der Waals surface area contributed by atoms with Gasteiger partial charge in [0.2, 0.25) is 0 Å². The summed E-state index contributed by atoms with van der Waals surface area (Å²) in [6, 6.07) is 28.6. The van der Waals surface area contributed by atoms with Crippen molar-refractivity contribution in [2.24, 2.45) is 5.41 Å². The molecule has 0 aliphatic carbocycles. The summed E-state index contributed by atoms with van der Waals surface area (Å²) in [7, 11) is 0. The van der Waals surface area contributed by atoms with E-state index in [2.05, 4.69) is 67.1 Å². The van der Waals surface area contributed by atoms with E-state index in [1.54, 1.807) is 0 Å². The molecule has 0 saturated carbocycles. The molecule has 0 spiro atoms. The second-order valence-electron chi connectivity index (χ2n) is 12.5. The summed E-state index contributed by atoms with van der Waals surface area (Å²) in [6.07, 6.45) is 2.01. The molecule has 1 saturated heterocycles. The Labute approximate surface area is 245 Å². The first kappa shape index (κ1) is 29.0. The Morgan fingerprint density at radius 3 is 2.12 bits per heavy atom. The first-order valence-electron chi connectivity index (χ1n) is 15.1. The van der Waals surface area contributed by atoms with Crippen LogP contribution in [0.25, 0.3) is 22.2 Å². The largest absolute Gasteiger partial charge is 0.345 e. The maximum atomic E-state index is 14.3. The van der Waals surface area contributed by atoms with E-state index >= 15 is 0 Å². The number of nitrogens with one attached hydrogen (secondary N) is 1. The molecule has 1 N–H and O–H groups in total. The first-order valence-corrected chi connectivity index (χ1v) is 15.1. The van der Waals surface area contributed by atoms with Crippen molar-refractivity contribution in [3.8, 4) is 11.3 Å². The van der Waals surface area contributed by atoms with Gasteiger partial charge in [0.05, 0.1) is 22.8 Å². The number of benzene rings is 3. The number of para-hydroxylation sites is 1. The molecule has 1 atom stereocenters. The summed E-state index contributed by atoms with van der Waals surface area (Å²) in [5, 5.41) is 4.30. The van der Waals surface area contributed by atoms with Crippen molar-refractivity contribution in [1.82, 2.24) is 20.1 Å². The highest BCUT2D eigenvalue weighted by Crippen LogP contribution is 2.32. The van der Waals surface area contributed by atoms with Crippen molar-refractivity contribution >= 4 is 16.8 Å². The zero-order valence-corrected chi connectivity index (χ0v) is 25.1. The van der Waals surface area contributed by atoms with Gasteiger partial charge in [-0.3, -0.25) is 9.69 Å². The summed E-state index contributed by atoms with van der Waals surface area (Å²) in [4.78, 5) is 24.6. The Hall–Kier alpha value is -3.54. The molecule has 5 rings (SSSR count). The smallest absolute Gasteiger partial charge is 0.252 e. The summed E-state index contributed by atoms with van der Waals surface area (Å²) < 4.78 is 0.